The molecule has 2 aromatic heterocycles. The van der Waals surface area contributed by atoms with Gasteiger partial charge in [-0.3, -0.25) is 14.3 Å². The van der Waals surface area contributed by atoms with Gasteiger partial charge in [-0.1, -0.05) is 13.0 Å². The Balaban J connectivity index is 1.40. The number of aryl methyl sites for hydroxylation is 1. The molecule has 4 aromatic rings. The minimum atomic E-state index is -5.06. The monoisotopic (exact) mass is 654 g/mol. The topological polar surface area (TPSA) is 95.8 Å². The van der Waals surface area contributed by atoms with E-state index in [-0.39, 0.29) is 51.7 Å². The van der Waals surface area contributed by atoms with Crippen LogP contribution >= 0.6 is 0 Å². The van der Waals surface area contributed by atoms with Crippen LogP contribution in [0.5, 0.6) is 11.8 Å². The Morgan fingerprint density at radius 2 is 1.83 bits per heavy atom. The molecule has 4 saturated heterocycles. The highest BCUT2D eigenvalue weighted by molar-refractivity contribution is 5.96. The molecule has 4 aliphatic rings. The van der Waals surface area contributed by atoms with Gasteiger partial charge >= 0.3 is 12.2 Å². The smallest absolute Gasteiger partial charge is 0.431 e. The summed E-state index contributed by atoms with van der Waals surface area (Å²) in [5.41, 5.74) is -4.12. The molecule has 2 bridgehead atoms. The largest absolute Gasteiger partial charge is 0.508 e. The van der Waals surface area contributed by atoms with E-state index in [1.807, 2.05) is 4.90 Å². The number of benzene rings is 2. The van der Waals surface area contributed by atoms with Gasteiger partial charge in [-0.15, -0.1) is 0 Å². The first-order chi connectivity index (χ1) is 23.3. The van der Waals surface area contributed by atoms with Crippen LogP contribution in [0.1, 0.15) is 59.4 Å². The van der Waals surface area contributed by atoms with Gasteiger partial charge in [-0.2, -0.15) is 23.1 Å². The number of aromatic hydroxyl groups is 1. The van der Waals surface area contributed by atoms with Gasteiger partial charge in [0.1, 0.15) is 35.2 Å². The lowest BCUT2D eigenvalue weighted by molar-refractivity contribution is -0.142. The van der Waals surface area contributed by atoms with E-state index in [0.717, 1.165) is 50.9 Å². The molecule has 0 saturated carbocycles. The van der Waals surface area contributed by atoms with Crippen molar-refractivity contribution in [1.29, 1.82) is 0 Å². The highest BCUT2D eigenvalue weighted by Gasteiger charge is 2.45. The predicted molar refractivity (Wildman–Crippen MR) is 169 cm³/mol. The van der Waals surface area contributed by atoms with Crippen molar-refractivity contribution in [3.05, 3.63) is 57.8 Å². The average molecular weight is 655 g/mol. The Bertz CT molecular complexity index is 2040. The minimum absolute atomic E-state index is 0.0506. The molecule has 9 nitrogen and oxygen atoms in total. The number of rotatable bonds is 6. The number of hydrogen-bond acceptors (Lipinski definition) is 8. The summed E-state index contributed by atoms with van der Waals surface area (Å²) in [5, 5.41) is 14.3. The number of nitrogens with zero attached hydrogens (tertiary/aromatic N) is 5. The van der Waals surface area contributed by atoms with E-state index in [4.69, 9.17) is 7.48 Å². The molecule has 8 rings (SSSR count). The van der Waals surface area contributed by atoms with E-state index in [1.165, 1.54) is 18.2 Å². The van der Waals surface area contributed by atoms with Crippen LogP contribution in [0.3, 0.4) is 0 Å². The van der Waals surface area contributed by atoms with Crippen LogP contribution in [0.25, 0.3) is 27.4 Å². The number of pyridine rings is 1. The van der Waals surface area contributed by atoms with Gasteiger partial charge in [-0.05, 0) is 87.2 Å². The van der Waals surface area contributed by atoms with Gasteiger partial charge < -0.3 is 20.1 Å². The third kappa shape index (κ3) is 5.00. The molecular weight excluding hydrogens is 616 g/mol. The van der Waals surface area contributed by atoms with E-state index in [9.17, 15) is 9.90 Å². The highest BCUT2D eigenvalue weighted by Crippen LogP contribution is 2.41. The molecule has 0 amide bonds. The fourth-order valence-electron chi connectivity index (χ4n) is 8.27. The summed E-state index contributed by atoms with van der Waals surface area (Å²) < 4.78 is 85.0. The van der Waals surface area contributed by atoms with Crippen LogP contribution in [0.15, 0.2) is 35.1 Å². The molecule has 2 N–H and O–H groups in total. The third-order valence-corrected chi connectivity index (χ3v) is 10.3. The van der Waals surface area contributed by atoms with Gasteiger partial charge in [0, 0.05) is 36.6 Å². The lowest BCUT2D eigenvalue weighted by Gasteiger charge is -2.35. The second-order valence-corrected chi connectivity index (χ2v) is 13.2. The maximum absolute atomic E-state index is 15.1. The number of nitrogens with one attached hydrogen (secondary N) is 1. The van der Waals surface area contributed by atoms with E-state index in [2.05, 4.69) is 20.2 Å². The van der Waals surface area contributed by atoms with E-state index in [1.54, 1.807) is 6.92 Å². The molecule has 6 heterocycles. The highest BCUT2D eigenvalue weighted by atomic mass is 19.4. The van der Waals surface area contributed by atoms with Crippen LogP contribution < -0.4 is 20.5 Å². The van der Waals surface area contributed by atoms with Crippen molar-refractivity contribution in [3.8, 4) is 17.4 Å². The number of phenolic OH excluding ortho intramolecular Hbond substituents is 1. The third-order valence-electron chi connectivity index (χ3n) is 10.3. The fourth-order valence-corrected chi connectivity index (χ4v) is 8.27. The van der Waals surface area contributed by atoms with Crippen LogP contribution in [-0.2, 0) is 12.6 Å². The number of ether oxygens (including phenoxy) is 1. The molecule has 13 heteroatoms. The summed E-state index contributed by atoms with van der Waals surface area (Å²) in [5.74, 6) is -1.02. The van der Waals surface area contributed by atoms with Crippen molar-refractivity contribution >= 4 is 27.5 Å². The van der Waals surface area contributed by atoms with Crippen molar-refractivity contribution in [2.24, 2.45) is 0 Å². The number of hydrogen-bond donors (Lipinski definition) is 2. The summed E-state index contributed by atoms with van der Waals surface area (Å²) in [6, 6.07) is 5.33. The molecule has 0 unspecified atom stereocenters. The van der Waals surface area contributed by atoms with Gasteiger partial charge in [0.2, 0.25) is 0 Å². The normalized spacial score (nSPS) is 23.4. The predicted octanol–water partition coefficient (Wildman–Crippen LogP) is 5.31. The molecule has 4 fully saturated rings. The minimum Gasteiger partial charge on any atom is -0.508 e. The Hall–Kier alpha value is -3.97. The van der Waals surface area contributed by atoms with E-state index in [0.29, 0.717) is 30.5 Å². The number of phenols is 1. The van der Waals surface area contributed by atoms with Crippen molar-refractivity contribution in [3.63, 3.8) is 0 Å². The second kappa shape index (κ2) is 11.0. The van der Waals surface area contributed by atoms with Crippen molar-refractivity contribution in [2.45, 2.75) is 75.7 Å². The zero-order chi connectivity index (χ0) is 34.5. The van der Waals surface area contributed by atoms with Gasteiger partial charge in [0.15, 0.2) is 0 Å². The van der Waals surface area contributed by atoms with Gasteiger partial charge in [0.05, 0.1) is 19.4 Å². The quantitative estimate of drug-likeness (QED) is 0.271. The summed E-state index contributed by atoms with van der Waals surface area (Å²) in [6.45, 7) is 1.64. The van der Waals surface area contributed by atoms with Crippen LogP contribution in [-0.4, -0.2) is 74.9 Å². The lowest BCUT2D eigenvalue weighted by atomic mass is 9.95. The van der Waals surface area contributed by atoms with Crippen molar-refractivity contribution in [1.82, 2.24) is 24.8 Å². The Kier molecular flexibility index (Phi) is 6.60. The van der Waals surface area contributed by atoms with Crippen molar-refractivity contribution < 1.29 is 30.1 Å². The van der Waals surface area contributed by atoms with E-state index >= 15 is 17.6 Å². The standard InChI is InChI=1S/C34H36F4N6O3/c1-2-23-25(35)8-5-19-13-22(45)14-26(28(19)23)44-27(34(36,37)38)15-24-29(31(44)46)40-32(47-18-33-9-3-11-43(33)12-4-10-33)41-30(24)42-16-20-6-7-21(17-42)39-20/h5,8,13-15,20-21,39,45H,2-4,6-7,9-12,16-18H2,1H3/t20-,21+/i18D2. The number of aromatic nitrogens is 3. The molecule has 0 aliphatic carbocycles. The van der Waals surface area contributed by atoms with Crippen molar-refractivity contribution in [2.75, 3.05) is 37.6 Å². The zero-order valence-electron chi connectivity index (χ0n) is 27.8. The SMILES string of the molecule is [2H]C([2H])(Oc1nc(N2C[C@H]3CC[C@@H](C2)N3)c2cc(C(F)(F)F)n(-c3cc(O)cc4ccc(F)c(CC)c34)c(=O)c2n1)C12CCCN1CCC2. The first-order valence-corrected chi connectivity index (χ1v) is 16.2. The maximum atomic E-state index is 15.1. The number of fused-ring (bicyclic) bond motifs is 5. The molecular formula is C34H36F4N6O3. The number of halogens is 4. The van der Waals surface area contributed by atoms with Crippen LogP contribution in [0.2, 0.25) is 0 Å². The number of alkyl halides is 3. The summed E-state index contributed by atoms with van der Waals surface area (Å²) in [6.07, 6.45) is -0.516. The summed E-state index contributed by atoms with van der Waals surface area (Å²) >= 11 is 0. The molecule has 47 heavy (non-hydrogen) atoms. The fraction of sp³-hybridized carbons (Fsp3) is 0.500. The average Bonchev–Trinajstić information content (AvgIpc) is 3.75. The first kappa shape index (κ1) is 28.1. The Labute approximate surface area is 271 Å². The first-order valence-electron chi connectivity index (χ1n) is 17.2. The Morgan fingerprint density at radius 1 is 1.11 bits per heavy atom. The number of piperazine rings is 1. The summed E-state index contributed by atoms with van der Waals surface area (Å²) in [4.78, 5) is 27.4. The molecule has 4 aliphatic heterocycles. The Morgan fingerprint density at radius 3 is 2.51 bits per heavy atom. The summed E-state index contributed by atoms with van der Waals surface area (Å²) in [7, 11) is 0. The van der Waals surface area contributed by atoms with Crippen LogP contribution in [0.4, 0.5) is 23.4 Å². The molecule has 2 atom stereocenters. The van der Waals surface area contributed by atoms with Gasteiger partial charge in [0.25, 0.3) is 5.56 Å². The molecule has 0 radical (unpaired) electrons. The lowest BCUT2D eigenvalue weighted by Crippen LogP contribution is -2.51. The molecule has 2 aromatic carbocycles. The number of anilines is 1. The van der Waals surface area contributed by atoms with E-state index < -0.39 is 52.6 Å². The van der Waals surface area contributed by atoms with Gasteiger partial charge in [-0.25, -0.2) is 4.39 Å². The second-order valence-electron chi connectivity index (χ2n) is 13.2. The molecule has 0 spiro atoms. The maximum Gasteiger partial charge on any atom is 0.431 e. The molecule has 248 valence electrons. The zero-order valence-corrected chi connectivity index (χ0v) is 25.8. The van der Waals surface area contributed by atoms with Crippen LogP contribution in [0, 0.1) is 5.82 Å².